The van der Waals surface area contributed by atoms with Crippen LogP contribution in [-0.2, 0) is 57.3 Å². The van der Waals surface area contributed by atoms with E-state index in [1.807, 2.05) is 6.92 Å². The summed E-state index contributed by atoms with van der Waals surface area (Å²) in [6.45, 7) is 5.53. The van der Waals surface area contributed by atoms with Crippen LogP contribution in [0.5, 0.6) is 0 Å². The SMILES string of the molecule is C[C@@H]1CCC2[C@](C)(COC(=O)Cc3ccccc3F)[C@@H](OC(=O)Cc3ccccc3F)CC[C@]2(C)[C@]12CCC(CCOC(=O)Cc1ccccc1F)(COC(=O)c1ccccc1F)O2. The molecule has 0 aromatic heterocycles. The third-order valence-corrected chi connectivity index (χ3v) is 14.3. The van der Waals surface area contributed by atoms with Crippen LogP contribution in [-0.4, -0.2) is 61.0 Å². The van der Waals surface area contributed by atoms with Crippen molar-refractivity contribution in [3.05, 3.63) is 143 Å². The number of ether oxygens (including phenoxy) is 5. The molecule has 2 aliphatic carbocycles. The minimum absolute atomic E-state index is 0.0606. The van der Waals surface area contributed by atoms with E-state index in [0.29, 0.717) is 38.5 Å². The van der Waals surface area contributed by atoms with E-state index in [9.17, 15) is 36.7 Å². The van der Waals surface area contributed by atoms with Crippen molar-refractivity contribution in [3.8, 4) is 0 Å². The van der Waals surface area contributed by atoms with Gasteiger partial charge in [0.1, 0.15) is 48.2 Å². The lowest BCUT2D eigenvalue weighted by Gasteiger charge is -2.65. The first-order valence-corrected chi connectivity index (χ1v) is 21.9. The maximum atomic E-state index is 14.7. The summed E-state index contributed by atoms with van der Waals surface area (Å²) in [5, 5.41) is 0. The van der Waals surface area contributed by atoms with Gasteiger partial charge in [0.2, 0.25) is 0 Å². The highest BCUT2D eigenvalue weighted by Gasteiger charge is 2.70. The Balaban J connectivity index is 1.17. The van der Waals surface area contributed by atoms with Crippen molar-refractivity contribution in [3.63, 3.8) is 0 Å². The average Bonchev–Trinajstić information content (AvgIpc) is 3.66. The number of esters is 4. The van der Waals surface area contributed by atoms with E-state index >= 15 is 0 Å². The molecular formula is C51H54F4O9. The molecule has 2 saturated carbocycles. The minimum Gasteiger partial charge on any atom is -0.465 e. The quantitative estimate of drug-likeness (QED) is 0.0654. The Morgan fingerprint density at radius 1 is 0.609 bits per heavy atom. The molecule has 3 fully saturated rings. The molecule has 3 aliphatic rings. The van der Waals surface area contributed by atoms with Crippen LogP contribution in [0.1, 0.15) is 92.8 Å². The normalized spacial score (nSPS) is 27.3. The number of benzene rings is 4. The highest BCUT2D eigenvalue weighted by molar-refractivity contribution is 5.89. The van der Waals surface area contributed by atoms with Crippen LogP contribution in [0, 0.1) is 45.9 Å². The first-order chi connectivity index (χ1) is 30.6. The van der Waals surface area contributed by atoms with Crippen molar-refractivity contribution in [2.75, 3.05) is 19.8 Å². The molecule has 0 radical (unpaired) electrons. The lowest BCUT2D eigenvalue weighted by molar-refractivity contribution is -0.274. The molecule has 9 nitrogen and oxygen atoms in total. The maximum absolute atomic E-state index is 14.7. The van der Waals surface area contributed by atoms with Crippen LogP contribution in [0.15, 0.2) is 97.1 Å². The summed E-state index contributed by atoms with van der Waals surface area (Å²) < 4.78 is 89.5. The first-order valence-electron chi connectivity index (χ1n) is 21.9. The summed E-state index contributed by atoms with van der Waals surface area (Å²) in [7, 11) is 0. The van der Waals surface area contributed by atoms with Crippen LogP contribution < -0.4 is 0 Å². The third-order valence-electron chi connectivity index (χ3n) is 14.3. The molecule has 1 spiro atoms. The van der Waals surface area contributed by atoms with Gasteiger partial charge in [0.25, 0.3) is 0 Å². The Morgan fingerprint density at radius 2 is 1.14 bits per heavy atom. The summed E-state index contributed by atoms with van der Waals surface area (Å²) in [4.78, 5) is 53.3. The van der Waals surface area contributed by atoms with Crippen LogP contribution in [0.25, 0.3) is 0 Å². The molecule has 0 N–H and O–H groups in total. The molecule has 340 valence electrons. The standard InChI is InChI=1S/C51H54F4O9/c1-33-20-21-42-48(2,31-61-45(57)29-35-13-5-9-17-39(35)53)43(63-46(58)30-36-14-6-10-18-40(36)54)22-23-49(42,3)51(33)25-24-50(64-51,32-62-47(59)37-15-7-11-19-41(37)55)26-27-60-44(56)28-34-12-4-8-16-38(34)52/h4-19,33,42-43H,20-32H2,1-3H3/t33-,42?,43+,48+,49+,50?,51+/m1/s1. The summed E-state index contributed by atoms with van der Waals surface area (Å²) in [6, 6.07) is 23.3. The van der Waals surface area contributed by atoms with E-state index in [0.717, 1.165) is 6.07 Å². The highest BCUT2D eigenvalue weighted by Crippen LogP contribution is 2.68. The number of fused-ring (bicyclic) bond motifs is 2. The van der Waals surface area contributed by atoms with Gasteiger partial charge in [-0.15, -0.1) is 0 Å². The van der Waals surface area contributed by atoms with Crippen molar-refractivity contribution in [2.24, 2.45) is 22.7 Å². The predicted molar refractivity (Wildman–Crippen MR) is 227 cm³/mol. The van der Waals surface area contributed by atoms with E-state index in [1.54, 1.807) is 18.2 Å². The van der Waals surface area contributed by atoms with E-state index < -0.39 is 75.3 Å². The number of carbonyl (C=O) groups excluding carboxylic acids is 4. The number of halogens is 4. The Morgan fingerprint density at radius 3 is 1.72 bits per heavy atom. The smallest absolute Gasteiger partial charge is 0.341 e. The average molecular weight is 887 g/mol. The van der Waals surface area contributed by atoms with Crippen molar-refractivity contribution >= 4 is 23.9 Å². The van der Waals surface area contributed by atoms with Gasteiger partial charge in [-0.05, 0) is 97.4 Å². The van der Waals surface area contributed by atoms with Crippen molar-refractivity contribution in [2.45, 2.75) is 102 Å². The molecule has 2 unspecified atom stereocenters. The summed E-state index contributed by atoms with van der Waals surface area (Å²) in [6.07, 6.45) is 1.38. The van der Waals surface area contributed by atoms with Crippen LogP contribution in [0.4, 0.5) is 17.6 Å². The number of hydrogen-bond donors (Lipinski definition) is 0. The van der Waals surface area contributed by atoms with Gasteiger partial charge < -0.3 is 23.7 Å². The van der Waals surface area contributed by atoms with E-state index in [4.69, 9.17) is 23.7 Å². The summed E-state index contributed by atoms with van der Waals surface area (Å²) in [5.74, 6) is -5.56. The van der Waals surface area contributed by atoms with Gasteiger partial charge in [-0.25, -0.2) is 22.4 Å². The molecule has 13 heteroatoms. The monoisotopic (exact) mass is 886 g/mol. The molecule has 1 saturated heterocycles. The third kappa shape index (κ3) is 9.60. The van der Waals surface area contributed by atoms with E-state index in [-0.39, 0.29) is 79.6 Å². The Bertz CT molecular complexity index is 2360. The Kier molecular flexibility index (Phi) is 14.0. The fourth-order valence-corrected chi connectivity index (χ4v) is 10.8. The number of rotatable bonds is 15. The summed E-state index contributed by atoms with van der Waals surface area (Å²) in [5.41, 5.74) is -3.49. The second-order valence-corrected chi connectivity index (χ2v) is 18.1. The number of carbonyl (C=O) groups is 4. The molecule has 0 bridgehead atoms. The molecule has 7 rings (SSSR count). The van der Waals surface area contributed by atoms with Crippen LogP contribution >= 0.6 is 0 Å². The predicted octanol–water partition coefficient (Wildman–Crippen LogP) is 9.66. The molecule has 4 aromatic rings. The molecule has 64 heavy (non-hydrogen) atoms. The fraction of sp³-hybridized carbons (Fsp3) is 0.451. The zero-order valence-electron chi connectivity index (χ0n) is 36.3. The lowest BCUT2D eigenvalue weighted by Crippen LogP contribution is -2.67. The fourth-order valence-electron chi connectivity index (χ4n) is 10.8. The Hall–Kier alpha value is -5.56. The largest absolute Gasteiger partial charge is 0.465 e. The van der Waals surface area contributed by atoms with Crippen LogP contribution in [0.2, 0.25) is 0 Å². The molecular weight excluding hydrogens is 833 g/mol. The molecule has 4 aromatic carbocycles. The van der Waals surface area contributed by atoms with Gasteiger partial charge in [0.15, 0.2) is 0 Å². The van der Waals surface area contributed by atoms with E-state index in [1.165, 1.54) is 72.8 Å². The zero-order chi connectivity index (χ0) is 45.7. The van der Waals surface area contributed by atoms with Gasteiger partial charge >= 0.3 is 23.9 Å². The molecule has 0 amide bonds. The van der Waals surface area contributed by atoms with Gasteiger partial charge in [-0.2, -0.15) is 0 Å². The lowest BCUT2D eigenvalue weighted by atomic mass is 9.43. The van der Waals surface area contributed by atoms with Gasteiger partial charge in [-0.1, -0.05) is 87.5 Å². The second-order valence-electron chi connectivity index (χ2n) is 18.1. The Labute approximate surface area is 370 Å². The van der Waals surface area contributed by atoms with Crippen molar-refractivity contribution in [1.82, 2.24) is 0 Å². The zero-order valence-corrected chi connectivity index (χ0v) is 36.3. The maximum Gasteiger partial charge on any atom is 0.341 e. The first kappa shape index (κ1) is 46.4. The molecule has 1 heterocycles. The van der Waals surface area contributed by atoms with E-state index in [2.05, 4.69) is 13.8 Å². The number of hydrogen-bond acceptors (Lipinski definition) is 9. The van der Waals surface area contributed by atoms with Gasteiger partial charge in [0.05, 0.1) is 37.0 Å². The van der Waals surface area contributed by atoms with Gasteiger partial charge in [-0.3, -0.25) is 14.4 Å². The van der Waals surface area contributed by atoms with Crippen LogP contribution in [0.3, 0.4) is 0 Å². The summed E-state index contributed by atoms with van der Waals surface area (Å²) >= 11 is 0. The second kappa shape index (κ2) is 19.3. The molecule has 7 atom stereocenters. The minimum atomic E-state index is -1.20. The van der Waals surface area contributed by atoms with Crippen molar-refractivity contribution in [1.29, 1.82) is 0 Å². The van der Waals surface area contributed by atoms with Crippen molar-refractivity contribution < 1.29 is 60.4 Å². The topological polar surface area (TPSA) is 114 Å². The highest BCUT2D eigenvalue weighted by atomic mass is 19.1. The van der Waals surface area contributed by atoms with Gasteiger partial charge in [0, 0.05) is 17.3 Å². The molecule has 1 aliphatic heterocycles.